The van der Waals surface area contributed by atoms with Crippen LogP contribution in [0.1, 0.15) is 92.9 Å². The zero-order chi connectivity index (χ0) is 26.1. The van der Waals surface area contributed by atoms with Gasteiger partial charge in [0.2, 0.25) is 0 Å². The van der Waals surface area contributed by atoms with Crippen molar-refractivity contribution in [3.8, 4) is 0 Å². The van der Waals surface area contributed by atoms with Crippen molar-refractivity contribution < 1.29 is 9.53 Å². The molecular formula is C32H55N3O2. The molecule has 3 aliphatic rings. The number of carbonyl (C=O) groups excluding carboxylic acids is 1. The number of benzene rings is 1. The van der Waals surface area contributed by atoms with E-state index >= 15 is 0 Å². The van der Waals surface area contributed by atoms with Crippen molar-refractivity contribution in [3.05, 3.63) is 24.3 Å². The molecule has 5 nitrogen and oxygen atoms in total. The fraction of sp³-hybridized carbons (Fsp3) is 0.781. The molecule has 0 bridgehead atoms. The average Bonchev–Trinajstić information content (AvgIpc) is 3.21. The maximum atomic E-state index is 13.6. The number of nitrogens with two attached hydrogens (primary N) is 2. The first-order valence-corrected chi connectivity index (χ1v) is 14.5. The van der Waals surface area contributed by atoms with Gasteiger partial charge in [0.25, 0.3) is 0 Å². The van der Waals surface area contributed by atoms with Crippen LogP contribution in [0.4, 0.5) is 11.4 Å². The number of methoxy groups -OCH3 is 1. The van der Waals surface area contributed by atoms with Gasteiger partial charge in [-0.05, 0) is 97.5 Å². The Morgan fingerprint density at radius 1 is 1.14 bits per heavy atom. The number of para-hydroxylation sites is 2. The predicted molar refractivity (Wildman–Crippen MR) is 156 cm³/mol. The van der Waals surface area contributed by atoms with Crippen LogP contribution in [0.25, 0.3) is 0 Å². The number of hydrogen-bond acceptors (Lipinski definition) is 5. The predicted octanol–water partition coefficient (Wildman–Crippen LogP) is 7.10. The minimum Gasteiger partial charge on any atom is -0.397 e. The summed E-state index contributed by atoms with van der Waals surface area (Å²) in [5, 5.41) is 1.65. The summed E-state index contributed by atoms with van der Waals surface area (Å²) < 4.78 is 5.89. The van der Waals surface area contributed by atoms with Crippen LogP contribution in [0.2, 0.25) is 0 Å². The highest BCUT2D eigenvalue weighted by molar-refractivity contribution is 5.83. The number of hydrogen-bond donors (Lipinski definition) is 2. The molecule has 0 spiro atoms. The van der Waals surface area contributed by atoms with Crippen LogP contribution >= 0.6 is 0 Å². The Morgan fingerprint density at radius 2 is 1.86 bits per heavy atom. The fourth-order valence-electron chi connectivity index (χ4n) is 8.91. The van der Waals surface area contributed by atoms with E-state index in [-0.39, 0.29) is 24.2 Å². The third-order valence-electron chi connectivity index (χ3n) is 11.1. The molecule has 4 N–H and O–H groups in total. The molecule has 0 radical (unpaired) electrons. The summed E-state index contributed by atoms with van der Waals surface area (Å²) >= 11 is 0. The lowest BCUT2D eigenvalue weighted by atomic mass is 9.46. The smallest absolute Gasteiger partial charge is 0.138 e. The van der Waals surface area contributed by atoms with E-state index in [1.807, 2.05) is 31.4 Å². The van der Waals surface area contributed by atoms with Crippen LogP contribution in [0.5, 0.6) is 0 Å². The van der Waals surface area contributed by atoms with E-state index in [9.17, 15) is 4.79 Å². The maximum Gasteiger partial charge on any atom is 0.138 e. The van der Waals surface area contributed by atoms with Gasteiger partial charge in [0.05, 0.1) is 18.0 Å². The molecule has 0 heterocycles. The minimum atomic E-state index is 0. The molecule has 1 aromatic carbocycles. The van der Waals surface area contributed by atoms with Crippen molar-refractivity contribution in [1.82, 2.24) is 0 Å². The van der Waals surface area contributed by atoms with Crippen molar-refractivity contribution in [1.29, 1.82) is 0 Å². The number of ketones is 1. The van der Waals surface area contributed by atoms with Gasteiger partial charge >= 0.3 is 0 Å². The molecule has 0 amide bonds. The molecule has 4 rings (SSSR count). The van der Waals surface area contributed by atoms with Gasteiger partial charge in [-0.3, -0.25) is 4.79 Å². The van der Waals surface area contributed by atoms with Gasteiger partial charge in [0, 0.05) is 26.0 Å². The summed E-state index contributed by atoms with van der Waals surface area (Å²) in [6.07, 6.45) is 10.4. The largest absolute Gasteiger partial charge is 0.397 e. The van der Waals surface area contributed by atoms with E-state index in [0.29, 0.717) is 36.3 Å². The molecule has 0 saturated heterocycles. The Bertz CT molecular complexity index is 906. The minimum absolute atomic E-state index is 0. The van der Waals surface area contributed by atoms with E-state index in [0.717, 1.165) is 36.5 Å². The Labute approximate surface area is 227 Å². The second-order valence-corrected chi connectivity index (χ2v) is 13.0. The van der Waals surface area contributed by atoms with Crippen molar-refractivity contribution in [2.75, 3.05) is 31.0 Å². The normalized spacial score (nSPS) is 35.7. The van der Waals surface area contributed by atoms with Crippen LogP contribution in [0.3, 0.4) is 0 Å². The van der Waals surface area contributed by atoms with Gasteiger partial charge < -0.3 is 15.5 Å². The van der Waals surface area contributed by atoms with Gasteiger partial charge in [0.1, 0.15) is 5.78 Å². The molecule has 3 fully saturated rings. The molecule has 1 aromatic rings. The number of hydrazine groups is 1. The van der Waals surface area contributed by atoms with Gasteiger partial charge in [-0.2, -0.15) is 0 Å². The lowest BCUT2D eigenvalue weighted by Crippen LogP contribution is -2.54. The summed E-state index contributed by atoms with van der Waals surface area (Å²) in [5.74, 6) is 10.5. The molecule has 210 valence electrons. The second kappa shape index (κ2) is 12.1. The first-order chi connectivity index (χ1) is 17.2. The zero-order valence-corrected chi connectivity index (χ0v) is 23.5. The van der Waals surface area contributed by atoms with Crippen LogP contribution in [0, 0.1) is 46.3 Å². The Kier molecular flexibility index (Phi) is 9.77. The number of nitrogens with zero attached hydrogens (tertiary/aromatic N) is 1. The van der Waals surface area contributed by atoms with Crippen molar-refractivity contribution >= 4 is 17.2 Å². The Hall–Kier alpha value is -1.59. The summed E-state index contributed by atoms with van der Waals surface area (Å²) in [6, 6.07) is 7.61. The van der Waals surface area contributed by atoms with E-state index < -0.39 is 0 Å². The monoisotopic (exact) mass is 513 g/mol. The summed E-state index contributed by atoms with van der Waals surface area (Å²) in [4.78, 5) is 13.6. The Morgan fingerprint density at radius 3 is 2.54 bits per heavy atom. The molecule has 0 aromatic heterocycles. The molecule has 8 unspecified atom stereocenters. The first-order valence-electron chi connectivity index (χ1n) is 14.5. The van der Waals surface area contributed by atoms with E-state index in [1.54, 1.807) is 5.01 Å². The number of rotatable bonds is 10. The number of Topliss-reactive ketones (excluding diaryl/α,β-unsaturated/α-hetero) is 1. The topological polar surface area (TPSA) is 81.6 Å². The third kappa shape index (κ3) is 5.59. The number of anilines is 2. The quantitative estimate of drug-likeness (QED) is 0.198. The van der Waals surface area contributed by atoms with Crippen molar-refractivity contribution in [3.63, 3.8) is 0 Å². The number of ether oxygens (including phenoxy) is 1. The van der Waals surface area contributed by atoms with Crippen LogP contribution in [0.15, 0.2) is 24.3 Å². The van der Waals surface area contributed by atoms with Gasteiger partial charge in [-0.1, -0.05) is 53.7 Å². The number of carbonyl (C=O) groups is 1. The zero-order valence-electron chi connectivity index (χ0n) is 23.5. The molecule has 3 saturated carbocycles. The van der Waals surface area contributed by atoms with Crippen LogP contribution in [-0.4, -0.2) is 26.0 Å². The molecule has 5 heteroatoms. The third-order valence-corrected chi connectivity index (χ3v) is 11.1. The van der Waals surface area contributed by atoms with Gasteiger partial charge in [0.15, 0.2) is 0 Å². The second-order valence-electron chi connectivity index (χ2n) is 13.0. The molecule has 37 heavy (non-hydrogen) atoms. The van der Waals surface area contributed by atoms with Crippen LogP contribution < -0.4 is 16.6 Å². The van der Waals surface area contributed by atoms with Gasteiger partial charge in [-0.15, -0.1) is 0 Å². The number of nitrogen functional groups attached to an aromatic ring is 1. The SMILES string of the molecule is C.CCC(C)CC1CCC2C(CCC3(C)C(C(=O)CCN(N)c4ccccc4N)CCC23)C1(C)COC. The highest BCUT2D eigenvalue weighted by Crippen LogP contribution is 2.66. The average molecular weight is 514 g/mol. The standard InChI is InChI=1S/C31H51N3O2.CH4/c1-6-21(2)19-22-11-12-23-24-13-14-26(30(24,3)17-15-25(23)31(22,4)20-36-5)29(35)16-18-34(33)28-10-8-7-9-27(28)32;/h7-10,21-26H,6,11-20,32-33H2,1-5H3;1H4. The maximum absolute atomic E-state index is 13.6. The summed E-state index contributed by atoms with van der Waals surface area (Å²) in [7, 11) is 1.89. The van der Waals surface area contributed by atoms with Crippen molar-refractivity contribution in [2.45, 2.75) is 92.9 Å². The van der Waals surface area contributed by atoms with E-state index in [1.165, 1.54) is 44.9 Å². The van der Waals surface area contributed by atoms with E-state index in [4.69, 9.17) is 16.3 Å². The van der Waals surface area contributed by atoms with Crippen LogP contribution in [-0.2, 0) is 9.53 Å². The highest BCUT2D eigenvalue weighted by atomic mass is 16.5. The Balaban J connectivity index is 0.00000380. The fourth-order valence-corrected chi connectivity index (χ4v) is 8.91. The summed E-state index contributed by atoms with van der Waals surface area (Å²) in [6.45, 7) is 11.1. The lowest BCUT2D eigenvalue weighted by molar-refractivity contribution is -0.139. The van der Waals surface area contributed by atoms with Gasteiger partial charge in [-0.25, -0.2) is 5.84 Å². The summed E-state index contributed by atoms with van der Waals surface area (Å²) in [5.41, 5.74) is 7.92. The number of fused-ring (bicyclic) bond motifs is 3. The molecule has 0 aliphatic heterocycles. The van der Waals surface area contributed by atoms with E-state index in [2.05, 4.69) is 27.7 Å². The van der Waals surface area contributed by atoms with Crippen molar-refractivity contribution in [2.24, 2.45) is 52.2 Å². The molecular weight excluding hydrogens is 458 g/mol. The first kappa shape index (κ1) is 30.0. The highest BCUT2D eigenvalue weighted by Gasteiger charge is 2.60. The lowest BCUT2D eigenvalue weighted by Gasteiger charge is -2.59. The molecule has 8 atom stereocenters. The molecule has 3 aliphatic carbocycles.